The van der Waals surface area contributed by atoms with E-state index in [9.17, 15) is 23.5 Å². The number of halogens is 2. The van der Waals surface area contributed by atoms with Crippen LogP contribution < -0.4 is 0 Å². The number of hydrogen-bond donors (Lipinski definition) is 1. The number of likely N-dealkylation sites (tertiary alicyclic amines) is 1. The largest absolute Gasteiger partial charge is 0.481 e. The minimum absolute atomic E-state index is 0.0240. The number of carbonyl (C=O) groups excluding carboxylic acids is 1. The summed E-state index contributed by atoms with van der Waals surface area (Å²) in [7, 11) is 0. The van der Waals surface area contributed by atoms with Crippen molar-refractivity contribution in [3.05, 3.63) is 70.8 Å². The lowest BCUT2D eigenvalue weighted by molar-refractivity contribution is -0.138. The Morgan fingerprint density at radius 1 is 1.10 bits per heavy atom. The fraction of sp³-hybridized carbons (Fsp3) is 0.375. The topological polar surface area (TPSA) is 70.0 Å². The third-order valence-corrected chi connectivity index (χ3v) is 6.20. The molecule has 1 saturated heterocycles. The summed E-state index contributed by atoms with van der Waals surface area (Å²) in [6.45, 7) is 1.37. The predicted molar refractivity (Wildman–Crippen MR) is 112 cm³/mol. The van der Waals surface area contributed by atoms with Crippen LogP contribution in [0.5, 0.6) is 0 Å². The van der Waals surface area contributed by atoms with Crippen molar-refractivity contribution in [2.75, 3.05) is 19.6 Å². The molecule has 0 spiro atoms. The standard InChI is InChI=1S/C24H24F2N2O3/c25-19-3-1-2-17(11-19)24(31)28-9-7-15(13-23(29)30)18(14-28)12-22-21-5-4-20(26)10-16(21)6-8-27-22/h1-5,10-11,15,18H,6-9,12-14H2,(H,29,30)/t15-,18-/m0/s1. The summed E-state index contributed by atoms with van der Waals surface area (Å²) in [5.74, 6) is -2.07. The molecule has 7 heteroatoms. The number of rotatable bonds is 5. The Kier molecular flexibility index (Phi) is 6.11. The van der Waals surface area contributed by atoms with Crippen molar-refractivity contribution in [2.24, 2.45) is 16.8 Å². The van der Waals surface area contributed by atoms with Crippen LogP contribution in [0.1, 0.15) is 40.7 Å². The van der Waals surface area contributed by atoms with E-state index in [0.29, 0.717) is 38.9 Å². The van der Waals surface area contributed by atoms with E-state index in [2.05, 4.69) is 4.99 Å². The molecule has 1 amide bonds. The molecule has 0 saturated carbocycles. The van der Waals surface area contributed by atoms with Crippen LogP contribution in [0.4, 0.5) is 8.78 Å². The number of carboxylic acid groups (broad SMARTS) is 1. The number of hydrogen-bond acceptors (Lipinski definition) is 3. The summed E-state index contributed by atoms with van der Waals surface area (Å²) in [4.78, 5) is 30.7. The molecule has 2 heterocycles. The van der Waals surface area contributed by atoms with Crippen molar-refractivity contribution in [3.8, 4) is 0 Å². The third kappa shape index (κ3) is 4.81. The minimum Gasteiger partial charge on any atom is -0.481 e. The lowest BCUT2D eigenvalue weighted by Crippen LogP contribution is -2.45. The first-order chi connectivity index (χ1) is 14.9. The molecule has 5 nitrogen and oxygen atoms in total. The Morgan fingerprint density at radius 2 is 1.90 bits per heavy atom. The van der Waals surface area contributed by atoms with Crippen molar-refractivity contribution in [2.45, 2.75) is 25.7 Å². The Bertz CT molecular complexity index is 1040. The summed E-state index contributed by atoms with van der Waals surface area (Å²) < 4.78 is 27.2. The van der Waals surface area contributed by atoms with E-state index in [-0.39, 0.29) is 35.5 Å². The van der Waals surface area contributed by atoms with Crippen LogP contribution in [0.2, 0.25) is 0 Å². The first kappa shape index (κ1) is 21.2. The van der Waals surface area contributed by atoms with Gasteiger partial charge >= 0.3 is 5.97 Å². The number of carboxylic acids is 1. The molecular formula is C24H24F2N2O3. The van der Waals surface area contributed by atoms with Crippen LogP contribution in [0, 0.1) is 23.5 Å². The zero-order valence-electron chi connectivity index (χ0n) is 17.1. The average Bonchev–Trinajstić information content (AvgIpc) is 2.74. The van der Waals surface area contributed by atoms with Crippen LogP contribution in [-0.4, -0.2) is 47.2 Å². The lowest BCUT2D eigenvalue weighted by Gasteiger charge is -2.39. The molecule has 2 atom stereocenters. The van der Waals surface area contributed by atoms with Gasteiger partial charge in [-0.2, -0.15) is 0 Å². The van der Waals surface area contributed by atoms with Crippen LogP contribution >= 0.6 is 0 Å². The summed E-state index contributed by atoms with van der Waals surface area (Å²) in [6, 6.07) is 10.3. The molecule has 1 N–H and O–H groups in total. The highest BCUT2D eigenvalue weighted by Gasteiger charge is 2.34. The normalized spacial score (nSPS) is 20.7. The summed E-state index contributed by atoms with van der Waals surface area (Å²) in [5.41, 5.74) is 2.92. The second-order valence-corrected chi connectivity index (χ2v) is 8.25. The smallest absolute Gasteiger partial charge is 0.303 e. The van der Waals surface area contributed by atoms with E-state index in [1.54, 1.807) is 17.0 Å². The van der Waals surface area contributed by atoms with Crippen LogP contribution in [0.3, 0.4) is 0 Å². The van der Waals surface area contributed by atoms with Gasteiger partial charge in [0.2, 0.25) is 0 Å². The maximum absolute atomic E-state index is 13.6. The van der Waals surface area contributed by atoms with Crippen LogP contribution in [-0.2, 0) is 11.2 Å². The monoisotopic (exact) mass is 426 g/mol. The molecule has 4 rings (SSSR count). The maximum atomic E-state index is 13.6. The number of piperidine rings is 1. The van der Waals surface area contributed by atoms with Gasteiger partial charge in [-0.05, 0) is 78.6 Å². The van der Waals surface area contributed by atoms with Gasteiger partial charge in [-0.3, -0.25) is 14.6 Å². The SMILES string of the molecule is O=C(O)C[C@@H]1CCN(C(=O)c2cccc(F)c2)C[C@@H]1CC1=NCCc2cc(F)ccc21. The summed E-state index contributed by atoms with van der Waals surface area (Å²) in [6.07, 6.45) is 1.77. The van der Waals surface area contributed by atoms with Crippen molar-refractivity contribution in [1.29, 1.82) is 0 Å². The fourth-order valence-corrected chi connectivity index (χ4v) is 4.66. The molecule has 2 aromatic carbocycles. The highest BCUT2D eigenvalue weighted by atomic mass is 19.1. The zero-order valence-corrected chi connectivity index (χ0v) is 17.1. The number of nitrogens with zero attached hydrogens (tertiary/aromatic N) is 2. The van der Waals surface area contributed by atoms with Crippen molar-refractivity contribution >= 4 is 17.6 Å². The predicted octanol–water partition coefficient (Wildman–Crippen LogP) is 3.95. The Morgan fingerprint density at radius 3 is 2.68 bits per heavy atom. The van der Waals surface area contributed by atoms with E-state index in [1.807, 2.05) is 0 Å². The second-order valence-electron chi connectivity index (χ2n) is 8.25. The van der Waals surface area contributed by atoms with Gasteiger partial charge in [0.25, 0.3) is 5.91 Å². The van der Waals surface area contributed by atoms with Gasteiger partial charge in [-0.15, -0.1) is 0 Å². The number of carbonyl (C=O) groups is 2. The number of aliphatic imine (C=N–C) groups is 1. The number of aliphatic carboxylic acids is 1. The molecule has 0 unspecified atom stereocenters. The maximum Gasteiger partial charge on any atom is 0.303 e. The average molecular weight is 426 g/mol. The molecule has 31 heavy (non-hydrogen) atoms. The van der Waals surface area contributed by atoms with Crippen LogP contribution in [0.25, 0.3) is 0 Å². The molecule has 2 aromatic rings. The summed E-state index contributed by atoms with van der Waals surface area (Å²) >= 11 is 0. The Labute approximate surface area is 179 Å². The molecule has 0 radical (unpaired) electrons. The zero-order chi connectivity index (χ0) is 22.0. The van der Waals surface area contributed by atoms with Gasteiger partial charge in [0.05, 0.1) is 0 Å². The van der Waals surface area contributed by atoms with E-state index in [4.69, 9.17) is 0 Å². The number of benzene rings is 2. The fourth-order valence-electron chi connectivity index (χ4n) is 4.66. The van der Waals surface area contributed by atoms with Gasteiger partial charge < -0.3 is 10.0 Å². The van der Waals surface area contributed by atoms with Gasteiger partial charge in [0, 0.05) is 37.3 Å². The van der Waals surface area contributed by atoms with Crippen molar-refractivity contribution < 1.29 is 23.5 Å². The van der Waals surface area contributed by atoms with Gasteiger partial charge in [-0.25, -0.2) is 8.78 Å². The molecule has 0 aliphatic carbocycles. The van der Waals surface area contributed by atoms with Crippen LogP contribution in [0.15, 0.2) is 47.5 Å². The first-order valence-electron chi connectivity index (χ1n) is 10.5. The third-order valence-electron chi connectivity index (χ3n) is 6.20. The molecule has 0 aromatic heterocycles. The van der Waals surface area contributed by atoms with E-state index in [1.165, 1.54) is 30.3 Å². The van der Waals surface area contributed by atoms with Gasteiger partial charge in [0.1, 0.15) is 11.6 Å². The Balaban J connectivity index is 1.56. The van der Waals surface area contributed by atoms with Crippen molar-refractivity contribution in [1.82, 2.24) is 4.90 Å². The van der Waals surface area contributed by atoms with E-state index < -0.39 is 11.8 Å². The van der Waals surface area contributed by atoms with E-state index >= 15 is 0 Å². The number of fused-ring (bicyclic) bond motifs is 1. The molecular weight excluding hydrogens is 402 g/mol. The number of amides is 1. The second kappa shape index (κ2) is 8.96. The first-order valence-corrected chi connectivity index (χ1v) is 10.5. The van der Waals surface area contributed by atoms with Crippen molar-refractivity contribution in [3.63, 3.8) is 0 Å². The highest BCUT2D eigenvalue weighted by Crippen LogP contribution is 2.32. The lowest BCUT2D eigenvalue weighted by atomic mass is 9.78. The quantitative estimate of drug-likeness (QED) is 0.787. The van der Waals surface area contributed by atoms with E-state index in [0.717, 1.165) is 16.8 Å². The highest BCUT2D eigenvalue weighted by molar-refractivity contribution is 6.02. The van der Waals surface area contributed by atoms with Gasteiger partial charge in [-0.1, -0.05) is 6.07 Å². The molecule has 0 bridgehead atoms. The molecule has 162 valence electrons. The molecule has 2 aliphatic rings. The molecule has 2 aliphatic heterocycles. The Hall–Kier alpha value is -3.09. The summed E-state index contributed by atoms with van der Waals surface area (Å²) in [5, 5.41) is 9.37. The molecule has 1 fully saturated rings. The minimum atomic E-state index is -0.868. The van der Waals surface area contributed by atoms with Gasteiger partial charge in [0.15, 0.2) is 0 Å².